The highest BCUT2D eigenvalue weighted by Gasteiger charge is 2.30. The molecular formula is C16H24BrClN2O2S. The molecule has 1 aliphatic heterocycles. The lowest BCUT2D eigenvalue weighted by molar-refractivity contribution is 0.00994. The van der Waals surface area contributed by atoms with Gasteiger partial charge in [0.05, 0.1) is 0 Å². The van der Waals surface area contributed by atoms with Crippen LogP contribution in [0.15, 0.2) is 10.5 Å². The van der Waals surface area contributed by atoms with E-state index in [0.29, 0.717) is 0 Å². The highest BCUT2D eigenvalue weighted by Crippen LogP contribution is 2.31. The predicted molar refractivity (Wildman–Crippen MR) is 99.3 cm³/mol. The SMILES string of the molecule is CC(C)(C)OC(=O)N1CCCCC1CNCc1cc(Br)c(Cl)s1. The van der Waals surface area contributed by atoms with E-state index in [1.54, 1.807) is 11.3 Å². The Balaban J connectivity index is 1.87. The maximum Gasteiger partial charge on any atom is 0.410 e. The van der Waals surface area contributed by atoms with Gasteiger partial charge in [0.2, 0.25) is 0 Å². The van der Waals surface area contributed by atoms with Crippen LogP contribution >= 0.6 is 38.9 Å². The number of ether oxygens (including phenoxy) is 1. The molecule has 1 unspecified atom stereocenters. The van der Waals surface area contributed by atoms with E-state index in [9.17, 15) is 4.79 Å². The average molecular weight is 424 g/mol. The molecule has 130 valence electrons. The van der Waals surface area contributed by atoms with Gasteiger partial charge in [0.25, 0.3) is 0 Å². The number of piperidine rings is 1. The molecular weight excluding hydrogens is 400 g/mol. The number of likely N-dealkylation sites (tertiary alicyclic amines) is 1. The zero-order chi connectivity index (χ0) is 17.0. The molecule has 1 saturated heterocycles. The number of halogens is 2. The molecule has 1 amide bonds. The molecule has 0 spiro atoms. The molecule has 23 heavy (non-hydrogen) atoms. The minimum atomic E-state index is -0.452. The molecule has 0 radical (unpaired) electrons. The summed E-state index contributed by atoms with van der Waals surface area (Å²) in [6.45, 7) is 8.01. The molecule has 7 heteroatoms. The fourth-order valence-corrected chi connectivity index (χ4v) is 4.37. The molecule has 0 aromatic carbocycles. The zero-order valence-electron chi connectivity index (χ0n) is 13.8. The Hall–Kier alpha value is -0.300. The molecule has 1 aliphatic rings. The van der Waals surface area contributed by atoms with E-state index in [-0.39, 0.29) is 12.1 Å². The Kier molecular flexibility index (Phi) is 6.77. The first kappa shape index (κ1) is 19.0. The number of hydrogen-bond acceptors (Lipinski definition) is 4. The molecule has 0 bridgehead atoms. The zero-order valence-corrected chi connectivity index (χ0v) is 17.0. The van der Waals surface area contributed by atoms with Crippen molar-refractivity contribution in [2.24, 2.45) is 0 Å². The summed E-state index contributed by atoms with van der Waals surface area (Å²) in [7, 11) is 0. The third-order valence-corrected chi connectivity index (χ3v) is 6.11. The number of rotatable bonds is 4. The largest absolute Gasteiger partial charge is 0.444 e. The highest BCUT2D eigenvalue weighted by molar-refractivity contribution is 9.10. The summed E-state index contributed by atoms with van der Waals surface area (Å²) in [5, 5.41) is 3.44. The Morgan fingerprint density at radius 1 is 1.52 bits per heavy atom. The number of hydrogen-bond donors (Lipinski definition) is 1. The van der Waals surface area contributed by atoms with E-state index in [4.69, 9.17) is 16.3 Å². The van der Waals surface area contributed by atoms with E-state index in [1.165, 1.54) is 4.88 Å². The minimum Gasteiger partial charge on any atom is -0.444 e. The van der Waals surface area contributed by atoms with Crippen LogP contribution < -0.4 is 5.32 Å². The minimum absolute atomic E-state index is 0.192. The van der Waals surface area contributed by atoms with Crippen LogP contribution in [-0.4, -0.2) is 35.7 Å². The first-order valence-electron chi connectivity index (χ1n) is 7.90. The Morgan fingerprint density at radius 2 is 2.26 bits per heavy atom. The van der Waals surface area contributed by atoms with E-state index < -0.39 is 5.60 Å². The summed E-state index contributed by atoms with van der Waals surface area (Å²) < 4.78 is 7.24. The summed E-state index contributed by atoms with van der Waals surface area (Å²) in [4.78, 5) is 15.4. The second kappa shape index (κ2) is 8.19. The standard InChI is InChI=1S/C16H24BrClN2O2S/c1-16(2,3)22-15(21)20-7-5-4-6-11(20)9-19-10-12-8-13(17)14(18)23-12/h8,11,19H,4-7,9-10H2,1-3H3. The van der Waals surface area contributed by atoms with Crippen molar-refractivity contribution in [2.75, 3.05) is 13.1 Å². The van der Waals surface area contributed by atoms with Gasteiger partial charge in [0.15, 0.2) is 0 Å². The topological polar surface area (TPSA) is 41.6 Å². The second-order valence-electron chi connectivity index (χ2n) is 6.79. The van der Waals surface area contributed by atoms with Gasteiger partial charge in [0.1, 0.15) is 9.94 Å². The Morgan fingerprint density at radius 3 is 2.87 bits per heavy atom. The van der Waals surface area contributed by atoms with Crippen molar-refractivity contribution in [3.05, 3.63) is 19.8 Å². The van der Waals surface area contributed by atoms with Crippen LogP contribution in [0.4, 0.5) is 4.79 Å². The van der Waals surface area contributed by atoms with Crippen molar-refractivity contribution < 1.29 is 9.53 Å². The summed E-state index contributed by atoms with van der Waals surface area (Å²) in [5.74, 6) is 0. The summed E-state index contributed by atoms with van der Waals surface area (Å²) in [6, 6.07) is 2.23. The van der Waals surface area contributed by atoms with Crippen molar-refractivity contribution >= 4 is 45.0 Å². The van der Waals surface area contributed by atoms with Crippen molar-refractivity contribution in [3.8, 4) is 0 Å². The van der Waals surface area contributed by atoms with E-state index >= 15 is 0 Å². The average Bonchev–Trinajstić information content (AvgIpc) is 2.76. The van der Waals surface area contributed by atoms with Crippen LogP contribution in [0.5, 0.6) is 0 Å². The highest BCUT2D eigenvalue weighted by atomic mass is 79.9. The van der Waals surface area contributed by atoms with Crippen LogP contribution in [0.1, 0.15) is 44.9 Å². The second-order valence-corrected chi connectivity index (χ2v) is 9.38. The van der Waals surface area contributed by atoms with Gasteiger partial charge in [-0.15, -0.1) is 11.3 Å². The summed E-state index contributed by atoms with van der Waals surface area (Å²) >= 11 is 11.0. The molecule has 1 aromatic heterocycles. The van der Waals surface area contributed by atoms with Gasteiger partial charge in [-0.1, -0.05) is 11.6 Å². The third kappa shape index (κ3) is 5.93. The van der Waals surface area contributed by atoms with E-state index in [1.807, 2.05) is 31.7 Å². The van der Waals surface area contributed by atoms with Crippen LogP contribution in [0.3, 0.4) is 0 Å². The normalized spacial score (nSPS) is 19.0. The van der Waals surface area contributed by atoms with Crippen LogP contribution in [0, 0.1) is 0 Å². The van der Waals surface area contributed by atoms with Crippen LogP contribution in [-0.2, 0) is 11.3 Å². The smallest absolute Gasteiger partial charge is 0.410 e. The van der Waals surface area contributed by atoms with Crippen molar-refractivity contribution in [3.63, 3.8) is 0 Å². The number of nitrogens with one attached hydrogen (secondary N) is 1. The maximum absolute atomic E-state index is 12.4. The first-order valence-corrected chi connectivity index (χ1v) is 9.89. The van der Waals surface area contributed by atoms with Gasteiger partial charge in [-0.25, -0.2) is 4.79 Å². The van der Waals surface area contributed by atoms with E-state index in [0.717, 1.165) is 47.7 Å². The van der Waals surface area contributed by atoms with Gasteiger partial charge in [-0.3, -0.25) is 0 Å². The predicted octanol–water partition coefficient (Wildman–Crippen LogP) is 5.04. The molecule has 2 heterocycles. The van der Waals surface area contributed by atoms with Crippen LogP contribution in [0.25, 0.3) is 0 Å². The van der Waals surface area contributed by atoms with Crippen LogP contribution in [0.2, 0.25) is 4.34 Å². The molecule has 1 N–H and O–H groups in total. The van der Waals surface area contributed by atoms with Crippen molar-refractivity contribution in [1.82, 2.24) is 10.2 Å². The number of carbonyl (C=O) groups excluding carboxylic acids is 1. The number of carbonyl (C=O) groups is 1. The van der Waals surface area contributed by atoms with Gasteiger partial charge < -0.3 is 15.0 Å². The molecule has 1 atom stereocenters. The van der Waals surface area contributed by atoms with Gasteiger partial charge in [-0.05, 0) is 62.0 Å². The molecule has 4 nitrogen and oxygen atoms in total. The fraction of sp³-hybridized carbons (Fsp3) is 0.688. The number of amides is 1. The number of thiophene rings is 1. The van der Waals surface area contributed by atoms with Crippen molar-refractivity contribution in [1.29, 1.82) is 0 Å². The quantitative estimate of drug-likeness (QED) is 0.737. The van der Waals surface area contributed by atoms with Crippen molar-refractivity contribution in [2.45, 2.75) is 58.2 Å². The van der Waals surface area contributed by atoms with Gasteiger partial charge in [-0.2, -0.15) is 0 Å². The molecule has 0 saturated carbocycles. The lowest BCUT2D eigenvalue weighted by Crippen LogP contribution is -2.50. The first-order chi connectivity index (χ1) is 10.8. The molecule has 2 rings (SSSR count). The molecule has 1 fully saturated rings. The van der Waals surface area contributed by atoms with Gasteiger partial charge in [0, 0.05) is 35.0 Å². The maximum atomic E-state index is 12.4. The Labute approximate surface area is 155 Å². The summed E-state index contributed by atoms with van der Waals surface area (Å²) in [6.07, 6.45) is 3.01. The Bertz CT molecular complexity index is 525. The fourth-order valence-electron chi connectivity index (χ4n) is 2.61. The van der Waals surface area contributed by atoms with E-state index in [2.05, 4.69) is 21.2 Å². The molecule has 0 aliphatic carbocycles. The van der Waals surface area contributed by atoms with Gasteiger partial charge >= 0.3 is 6.09 Å². The summed E-state index contributed by atoms with van der Waals surface area (Å²) in [5.41, 5.74) is -0.452. The lowest BCUT2D eigenvalue weighted by Gasteiger charge is -2.36. The molecule has 1 aromatic rings. The lowest BCUT2D eigenvalue weighted by atomic mass is 10.0. The third-order valence-electron chi connectivity index (χ3n) is 3.63. The monoisotopic (exact) mass is 422 g/mol. The number of nitrogens with zero attached hydrogens (tertiary/aromatic N) is 1.